The molecule has 1 aliphatic rings. The van der Waals surface area contributed by atoms with Crippen LogP contribution in [0.2, 0.25) is 0 Å². The molecule has 1 aliphatic carbocycles. The Bertz CT molecular complexity index is 523. The van der Waals surface area contributed by atoms with Gasteiger partial charge in [-0.25, -0.2) is 4.98 Å². The molecule has 0 aromatic carbocycles. The van der Waals surface area contributed by atoms with E-state index in [9.17, 15) is 0 Å². The molecule has 0 aliphatic heterocycles. The van der Waals surface area contributed by atoms with Crippen molar-refractivity contribution in [2.24, 2.45) is 12.8 Å². The molecule has 2 aromatic rings. The van der Waals surface area contributed by atoms with E-state index in [1.165, 1.54) is 0 Å². The highest BCUT2D eigenvalue weighted by Gasteiger charge is 2.37. The zero-order valence-electron chi connectivity index (χ0n) is 9.76. The third-order valence-electron chi connectivity index (χ3n) is 3.37. The molecule has 2 aromatic heterocycles. The molecule has 6 heteroatoms. The van der Waals surface area contributed by atoms with E-state index in [4.69, 9.17) is 10.3 Å². The van der Waals surface area contributed by atoms with Crippen molar-refractivity contribution in [3.05, 3.63) is 18.3 Å². The zero-order valence-corrected chi connectivity index (χ0v) is 9.76. The summed E-state index contributed by atoms with van der Waals surface area (Å²) in [6.45, 7) is 0. The second-order valence-electron chi connectivity index (χ2n) is 4.65. The van der Waals surface area contributed by atoms with Crippen molar-refractivity contribution in [1.29, 1.82) is 0 Å². The van der Waals surface area contributed by atoms with Crippen LogP contribution in [0.3, 0.4) is 0 Å². The number of nitrogens with zero attached hydrogens (tertiary/aromatic N) is 4. The van der Waals surface area contributed by atoms with Gasteiger partial charge in [-0.1, -0.05) is 18.0 Å². The molecule has 0 unspecified atom stereocenters. The van der Waals surface area contributed by atoms with Gasteiger partial charge in [0.2, 0.25) is 11.7 Å². The molecule has 0 bridgehead atoms. The number of hydrogen-bond acceptors (Lipinski definition) is 5. The van der Waals surface area contributed by atoms with Gasteiger partial charge in [-0.15, -0.1) is 0 Å². The van der Waals surface area contributed by atoms with E-state index >= 15 is 0 Å². The Kier molecular flexibility index (Phi) is 2.25. The van der Waals surface area contributed by atoms with E-state index in [1.807, 2.05) is 17.8 Å². The largest absolute Gasteiger partial charge is 0.337 e. The van der Waals surface area contributed by atoms with Crippen molar-refractivity contribution in [3.63, 3.8) is 0 Å². The summed E-state index contributed by atoms with van der Waals surface area (Å²) in [5.41, 5.74) is 5.83. The maximum absolute atomic E-state index is 6.26. The second-order valence-corrected chi connectivity index (χ2v) is 4.65. The van der Waals surface area contributed by atoms with Gasteiger partial charge in [0.05, 0.1) is 5.54 Å². The van der Waals surface area contributed by atoms with Gasteiger partial charge < -0.3 is 14.8 Å². The second kappa shape index (κ2) is 3.66. The molecule has 17 heavy (non-hydrogen) atoms. The summed E-state index contributed by atoms with van der Waals surface area (Å²) in [6.07, 6.45) is 7.62. The fourth-order valence-electron chi connectivity index (χ4n) is 2.32. The SMILES string of the molecule is Cn1ccnc1-c1noc(C2(N)CCCC2)n1. The van der Waals surface area contributed by atoms with Gasteiger partial charge in [-0.3, -0.25) is 0 Å². The van der Waals surface area contributed by atoms with Crippen LogP contribution in [0.5, 0.6) is 0 Å². The molecule has 3 rings (SSSR count). The van der Waals surface area contributed by atoms with E-state index < -0.39 is 5.54 Å². The van der Waals surface area contributed by atoms with Crippen molar-refractivity contribution in [2.75, 3.05) is 0 Å². The van der Waals surface area contributed by atoms with Crippen LogP contribution in [0.15, 0.2) is 16.9 Å². The third kappa shape index (κ3) is 1.64. The lowest BCUT2D eigenvalue weighted by Gasteiger charge is -2.17. The van der Waals surface area contributed by atoms with Crippen LogP contribution in [0, 0.1) is 0 Å². The summed E-state index contributed by atoms with van der Waals surface area (Å²) in [7, 11) is 1.89. The van der Waals surface area contributed by atoms with Crippen LogP contribution < -0.4 is 5.73 Å². The van der Waals surface area contributed by atoms with Crippen molar-refractivity contribution in [1.82, 2.24) is 19.7 Å². The lowest BCUT2D eigenvalue weighted by atomic mass is 9.99. The molecule has 1 saturated carbocycles. The van der Waals surface area contributed by atoms with E-state index in [1.54, 1.807) is 6.20 Å². The molecule has 0 saturated heterocycles. The quantitative estimate of drug-likeness (QED) is 0.842. The van der Waals surface area contributed by atoms with Crippen molar-refractivity contribution < 1.29 is 4.52 Å². The summed E-state index contributed by atoms with van der Waals surface area (Å²) in [5, 5.41) is 3.96. The highest BCUT2D eigenvalue weighted by atomic mass is 16.5. The maximum atomic E-state index is 6.26. The smallest absolute Gasteiger partial charge is 0.247 e. The van der Waals surface area contributed by atoms with Gasteiger partial charge in [0, 0.05) is 19.4 Å². The van der Waals surface area contributed by atoms with Gasteiger partial charge >= 0.3 is 0 Å². The molecular formula is C11H15N5O. The minimum Gasteiger partial charge on any atom is -0.337 e. The maximum Gasteiger partial charge on any atom is 0.247 e. The summed E-state index contributed by atoms with van der Waals surface area (Å²) in [4.78, 5) is 8.57. The molecule has 0 atom stereocenters. The molecule has 2 N–H and O–H groups in total. The first-order valence-electron chi connectivity index (χ1n) is 5.80. The predicted molar refractivity (Wildman–Crippen MR) is 60.8 cm³/mol. The first-order chi connectivity index (χ1) is 8.19. The molecule has 0 radical (unpaired) electrons. The number of hydrogen-bond donors (Lipinski definition) is 1. The highest BCUT2D eigenvalue weighted by molar-refractivity contribution is 5.42. The normalized spacial score (nSPS) is 18.7. The first kappa shape index (κ1) is 10.5. The van der Waals surface area contributed by atoms with Crippen molar-refractivity contribution in [2.45, 2.75) is 31.2 Å². The van der Waals surface area contributed by atoms with Gasteiger partial charge in [0.25, 0.3) is 0 Å². The number of rotatable bonds is 2. The van der Waals surface area contributed by atoms with Gasteiger partial charge in [0.15, 0.2) is 5.82 Å². The van der Waals surface area contributed by atoms with E-state index in [0.717, 1.165) is 25.7 Å². The summed E-state index contributed by atoms with van der Waals surface area (Å²) >= 11 is 0. The Morgan fingerprint density at radius 3 is 2.82 bits per heavy atom. The standard InChI is InChI=1S/C11H15N5O/c1-16-7-6-13-9(16)8-14-10(17-15-8)11(12)4-2-3-5-11/h6-7H,2-5,12H2,1H3. The molecule has 2 heterocycles. The predicted octanol–water partition coefficient (Wildman–Crippen LogP) is 1.20. The topological polar surface area (TPSA) is 82.8 Å². The van der Waals surface area contributed by atoms with Crippen LogP contribution >= 0.6 is 0 Å². The summed E-state index contributed by atoms with van der Waals surface area (Å²) in [5.74, 6) is 1.74. The molecular weight excluding hydrogens is 218 g/mol. The Morgan fingerprint density at radius 2 is 2.18 bits per heavy atom. The summed E-state index contributed by atoms with van der Waals surface area (Å²) < 4.78 is 7.14. The fraction of sp³-hybridized carbons (Fsp3) is 0.545. The van der Waals surface area contributed by atoms with E-state index in [2.05, 4.69) is 15.1 Å². The van der Waals surface area contributed by atoms with Gasteiger partial charge in [-0.2, -0.15) is 4.98 Å². The average molecular weight is 233 g/mol. The Hall–Kier alpha value is -1.69. The number of aryl methyl sites for hydroxylation is 1. The molecule has 1 fully saturated rings. The molecule has 0 amide bonds. The Morgan fingerprint density at radius 1 is 1.41 bits per heavy atom. The number of imidazole rings is 1. The third-order valence-corrected chi connectivity index (χ3v) is 3.37. The van der Waals surface area contributed by atoms with Crippen LogP contribution in [0.25, 0.3) is 11.6 Å². The van der Waals surface area contributed by atoms with Crippen molar-refractivity contribution >= 4 is 0 Å². The summed E-state index contributed by atoms with van der Waals surface area (Å²) in [6, 6.07) is 0. The lowest BCUT2D eigenvalue weighted by Crippen LogP contribution is -2.33. The molecule has 90 valence electrons. The monoisotopic (exact) mass is 233 g/mol. The highest BCUT2D eigenvalue weighted by Crippen LogP contribution is 2.35. The average Bonchev–Trinajstić information content (AvgIpc) is 2.97. The molecule has 6 nitrogen and oxygen atoms in total. The minimum absolute atomic E-state index is 0.434. The number of nitrogens with two attached hydrogens (primary N) is 1. The van der Waals surface area contributed by atoms with E-state index in [0.29, 0.717) is 17.5 Å². The van der Waals surface area contributed by atoms with Gasteiger partial charge in [0.1, 0.15) is 0 Å². The van der Waals surface area contributed by atoms with Gasteiger partial charge in [-0.05, 0) is 12.8 Å². The van der Waals surface area contributed by atoms with Crippen molar-refractivity contribution in [3.8, 4) is 11.6 Å². The molecule has 0 spiro atoms. The Balaban J connectivity index is 1.96. The first-order valence-corrected chi connectivity index (χ1v) is 5.80. The number of aromatic nitrogens is 4. The van der Waals surface area contributed by atoms with Crippen LogP contribution in [-0.2, 0) is 12.6 Å². The fourth-order valence-corrected chi connectivity index (χ4v) is 2.32. The van der Waals surface area contributed by atoms with Crippen LogP contribution in [0.1, 0.15) is 31.6 Å². The lowest BCUT2D eigenvalue weighted by molar-refractivity contribution is 0.285. The van der Waals surface area contributed by atoms with Crippen LogP contribution in [-0.4, -0.2) is 19.7 Å². The zero-order chi connectivity index (χ0) is 11.9. The van der Waals surface area contributed by atoms with Crippen LogP contribution in [0.4, 0.5) is 0 Å². The Labute approximate surface area is 98.8 Å². The van der Waals surface area contributed by atoms with E-state index in [-0.39, 0.29) is 0 Å². The minimum atomic E-state index is -0.434.